The third kappa shape index (κ3) is 2.81. The van der Waals surface area contributed by atoms with Crippen molar-refractivity contribution in [3.05, 3.63) is 41.0 Å². The van der Waals surface area contributed by atoms with E-state index < -0.39 is 0 Å². The van der Waals surface area contributed by atoms with Gasteiger partial charge in [0, 0.05) is 10.1 Å². The maximum Gasteiger partial charge on any atom is 0.277 e. The Bertz CT molecular complexity index is 1010. The highest BCUT2D eigenvalue weighted by molar-refractivity contribution is 7.99. The largest absolute Gasteiger partial charge is 0.410 e. The van der Waals surface area contributed by atoms with Gasteiger partial charge in [0.15, 0.2) is 5.82 Å². The highest BCUT2D eigenvalue weighted by Crippen LogP contribution is 2.42. The molecule has 122 valence electrons. The zero-order chi connectivity index (χ0) is 16.7. The molecule has 4 rings (SSSR count). The van der Waals surface area contributed by atoms with Crippen LogP contribution in [0.1, 0.15) is 23.9 Å². The van der Waals surface area contributed by atoms with E-state index in [0.717, 1.165) is 15.0 Å². The van der Waals surface area contributed by atoms with Crippen LogP contribution in [0.2, 0.25) is 5.02 Å². The number of rotatable bonds is 4. The number of aryl methyl sites for hydroxylation is 1. The third-order valence-electron chi connectivity index (χ3n) is 3.30. The molecule has 0 fully saturated rings. The predicted molar refractivity (Wildman–Crippen MR) is 93.4 cm³/mol. The van der Waals surface area contributed by atoms with Crippen molar-refractivity contribution in [2.45, 2.75) is 24.3 Å². The molecular weight excluding hydrogens is 368 g/mol. The van der Waals surface area contributed by atoms with Crippen LogP contribution in [0.4, 0.5) is 0 Å². The van der Waals surface area contributed by atoms with Crippen molar-refractivity contribution < 1.29 is 8.94 Å². The number of nitrogens with zero attached hydrogens (tertiary/aromatic N) is 4. The minimum atomic E-state index is -0.0858. The van der Waals surface area contributed by atoms with Gasteiger partial charge in [-0.15, -0.1) is 21.5 Å². The maximum atomic E-state index is 6.45. The van der Waals surface area contributed by atoms with Gasteiger partial charge >= 0.3 is 0 Å². The van der Waals surface area contributed by atoms with E-state index in [1.165, 1.54) is 23.1 Å². The molecule has 9 heteroatoms. The van der Waals surface area contributed by atoms with Crippen LogP contribution in [0.5, 0.6) is 0 Å². The van der Waals surface area contributed by atoms with Crippen molar-refractivity contribution in [1.29, 1.82) is 0 Å². The Morgan fingerprint density at radius 2 is 2.08 bits per heavy atom. The number of hydrogen-bond acceptors (Lipinski definition) is 8. The molecule has 0 amide bonds. The lowest BCUT2D eigenvalue weighted by Gasteiger charge is -2.00. The van der Waals surface area contributed by atoms with Crippen molar-refractivity contribution in [3.63, 3.8) is 0 Å². The molecule has 0 saturated heterocycles. The fraction of sp³-hybridized carbons (Fsp3) is 0.200. The number of benzene rings is 1. The van der Waals surface area contributed by atoms with Crippen LogP contribution in [-0.4, -0.2) is 20.3 Å². The van der Waals surface area contributed by atoms with E-state index in [1.807, 2.05) is 31.2 Å². The Hall–Kier alpha value is -1.90. The molecule has 0 aliphatic carbocycles. The minimum Gasteiger partial charge on any atom is -0.410 e. The summed E-state index contributed by atoms with van der Waals surface area (Å²) in [5, 5.41) is 14.0. The SMILES string of the molecule is Cc1noc([C@@H](C)Sc2nnc(-c3sc4ccccc4c3Cl)o2)n1. The smallest absolute Gasteiger partial charge is 0.277 e. The summed E-state index contributed by atoms with van der Waals surface area (Å²) in [4.78, 5) is 4.98. The molecule has 1 atom stereocenters. The number of fused-ring (bicyclic) bond motifs is 1. The number of thioether (sulfide) groups is 1. The van der Waals surface area contributed by atoms with Gasteiger partial charge in [0.2, 0.25) is 5.89 Å². The van der Waals surface area contributed by atoms with Crippen molar-refractivity contribution >= 4 is 44.8 Å². The first kappa shape index (κ1) is 15.6. The van der Waals surface area contributed by atoms with Gasteiger partial charge in [0.25, 0.3) is 11.1 Å². The summed E-state index contributed by atoms with van der Waals surface area (Å²) in [6.07, 6.45) is 0. The number of thiophene rings is 1. The molecule has 3 aromatic heterocycles. The molecular formula is C15H11ClN4O2S2. The Labute approximate surface area is 150 Å². The molecule has 6 nitrogen and oxygen atoms in total. The molecule has 0 aliphatic heterocycles. The average molecular weight is 379 g/mol. The van der Waals surface area contributed by atoms with E-state index >= 15 is 0 Å². The highest BCUT2D eigenvalue weighted by Gasteiger charge is 2.21. The zero-order valence-electron chi connectivity index (χ0n) is 12.7. The van der Waals surface area contributed by atoms with Gasteiger partial charge in [-0.25, -0.2) is 0 Å². The van der Waals surface area contributed by atoms with E-state index in [1.54, 1.807) is 6.92 Å². The second-order valence-electron chi connectivity index (χ2n) is 5.05. The van der Waals surface area contributed by atoms with Gasteiger partial charge in [-0.1, -0.05) is 46.7 Å². The van der Waals surface area contributed by atoms with Crippen molar-refractivity contribution in [2.24, 2.45) is 0 Å². The van der Waals surface area contributed by atoms with Gasteiger partial charge in [0.05, 0.1) is 10.3 Å². The number of aromatic nitrogens is 4. The van der Waals surface area contributed by atoms with E-state index in [2.05, 4.69) is 20.3 Å². The summed E-state index contributed by atoms with van der Waals surface area (Å²) >= 11 is 9.34. The Morgan fingerprint density at radius 1 is 1.25 bits per heavy atom. The van der Waals surface area contributed by atoms with E-state index in [-0.39, 0.29) is 5.25 Å². The summed E-state index contributed by atoms with van der Waals surface area (Å²) in [7, 11) is 0. The standard InChI is InChI=1S/C15H11ClN4O2S2/c1-7(13-17-8(2)20-22-13)23-15-19-18-14(21-15)12-11(16)9-5-3-4-6-10(9)24-12/h3-7H,1-2H3/t7-/m1/s1. The number of halogens is 1. The third-order valence-corrected chi connectivity index (χ3v) is 5.89. The number of hydrogen-bond donors (Lipinski definition) is 0. The fourth-order valence-electron chi connectivity index (χ4n) is 2.18. The van der Waals surface area contributed by atoms with Crippen LogP contribution >= 0.6 is 34.7 Å². The van der Waals surface area contributed by atoms with Gasteiger partial charge in [-0.3, -0.25) is 0 Å². The molecule has 0 aliphatic rings. The molecule has 0 radical (unpaired) electrons. The van der Waals surface area contributed by atoms with Crippen molar-refractivity contribution in [3.8, 4) is 10.8 Å². The Kier molecular flexibility index (Phi) is 4.03. The van der Waals surface area contributed by atoms with Gasteiger partial charge < -0.3 is 8.94 Å². The molecule has 1 aromatic carbocycles. The summed E-state index contributed by atoms with van der Waals surface area (Å²) in [6, 6.07) is 7.92. The van der Waals surface area contributed by atoms with Gasteiger partial charge in [0.1, 0.15) is 4.88 Å². The van der Waals surface area contributed by atoms with E-state index in [9.17, 15) is 0 Å². The lowest BCUT2D eigenvalue weighted by molar-refractivity contribution is 0.375. The Morgan fingerprint density at radius 3 is 2.83 bits per heavy atom. The summed E-state index contributed by atoms with van der Waals surface area (Å²) in [5.74, 6) is 1.54. The summed E-state index contributed by atoms with van der Waals surface area (Å²) in [5.41, 5.74) is 0. The van der Waals surface area contributed by atoms with Crippen LogP contribution in [-0.2, 0) is 0 Å². The molecule has 4 aromatic rings. The molecule has 24 heavy (non-hydrogen) atoms. The first-order valence-corrected chi connectivity index (χ1v) is 9.17. The first-order valence-electron chi connectivity index (χ1n) is 7.09. The van der Waals surface area contributed by atoms with Gasteiger partial charge in [-0.05, 0) is 19.9 Å². The first-order chi connectivity index (χ1) is 11.6. The second-order valence-corrected chi connectivity index (χ2v) is 7.78. The van der Waals surface area contributed by atoms with Crippen molar-refractivity contribution in [2.75, 3.05) is 0 Å². The minimum absolute atomic E-state index is 0.0858. The lowest BCUT2D eigenvalue weighted by atomic mass is 10.2. The van der Waals surface area contributed by atoms with Crippen LogP contribution < -0.4 is 0 Å². The summed E-state index contributed by atoms with van der Waals surface area (Å²) < 4.78 is 12.0. The van der Waals surface area contributed by atoms with Gasteiger partial charge in [-0.2, -0.15) is 4.98 Å². The molecule has 0 bridgehead atoms. The quantitative estimate of drug-likeness (QED) is 0.454. The molecule has 3 heterocycles. The molecule has 0 N–H and O–H groups in total. The lowest BCUT2D eigenvalue weighted by Crippen LogP contribution is -1.88. The molecule has 0 spiro atoms. The molecule has 0 unspecified atom stereocenters. The monoisotopic (exact) mass is 378 g/mol. The maximum absolute atomic E-state index is 6.45. The van der Waals surface area contributed by atoms with Crippen LogP contribution in [0.25, 0.3) is 20.9 Å². The normalized spacial score (nSPS) is 12.8. The predicted octanol–water partition coefficient (Wildman–Crippen LogP) is 5.15. The van der Waals surface area contributed by atoms with Crippen LogP contribution in [0.3, 0.4) is 0 Å². The van der Waals surface area contributed by atoms with E-state index in [4.69, 9.17) is 20.5 Å². The average Bonchev–Trinajstić information content (AvgIpc) is 3.27. The van der Waals surface area contributed by atoms with E-state index in [0.29, 0.717) is 27.9 Å². The second kappa shape index (κ2) is 6.19. The molecule has 0 saturated carbocycles. The fourth-order valence-corrected chi connectivity index (χ4v) is 4.33. The topological polar surface area (TPSA) is 77.8 Å². The van der Waals surface area contributed by atoms with Crippen LogP contribution in [0.15, 0.2) is 38.4 Å². The Balaban J connectivity index is 1.61. The van der Waals surface area contributed by atoms with Crippen molar-refractivity contribution in [1.82, 2.24) is 20.3 Å². The summed E-state index contributed by atoms with van der Waals surface area (Å²) in [6.45, 7) is 3.71. The highest BCUT2D eigenvalue weighted by atomic mass is 35.5. The zero-order valence-corrected chi connectivity index (χ0v) is 15.1. The van der Waals surface area contributed by atoms with Crippen LogP contribution in [0, 0.1) is 6.92 Å².